The second-order valence-electron chi connectivity index (χ2n) is 11.1. The van der Waals surface area contributed by atoms with Crippen molar-refractivity contribution in [3.05, 3.63) is 66.0 Å². The molecule has 2 aromatic heterocycles. The molecule has 38 heavy (non-hydrogen) atoms. The lowest BCUT2D eigenvalue weighted by atomic mass is 9.80. The SMILES string of the molecule is CC1CC=CC=C1C(CNc1nc(N2CC[C@@H](NC(=O)OC(C)(C)C)C2)nc2nc[nH]c12)c1ccccc1. The lowest BCUT2D eigenvalue weighted by Crippen LogP contribution is -2.40. The molecule has 0 radical (unpaired) electrons. The predicted octanol–water partition coefficient (Wildman–Crippen LogP) is 5.17. The van der Waals surface area contributed by atoms with Gasteiger partial charge in [-0.1, -0.05) is 61.1 Å². The molecule has 1 aromatic carbocycles. The molecule has 200 valence electrons. The number of carbonyl (C=O) groups is 1. The van der Waals surface area contributed by atoms with Gasteiger partial charge in [0.25, 0.3) is 0 Å². The van der Waals surface area contributed by atoms with Crippen molar-refractivity contribution in [1.29, 1.82) is 0 Å². The van der Waals surface area contributed by atoms with Crippen LogP contribution in [0.25, 0.3) is 11.2 Å². The monoisotopic (exact) mass is 515 g/mol. The average Bonchev–Trinajstić information content (AvgIpc) is 3.54. The lowest BCUT2D eigenvalue weighted by Gasteiger charge is -2.27. The van der Waals surface area contributed by atoms with Gasteiger partial charge < -0.3 is 25.3 Å². The fourth-order valence-electron chi connectivity index (χ4n) is 5.16. The van der Waals surface area contributed by atoms with Crippen LogP contribution < -0.4 is 15.5 Å². The number of amides is 1. The lowest BCUT2D eigenvalue weighted by molar-refractivity contribution is 0.0509. The van der Waals surface area contributed by atoms with E-state index in [9.17, 15) is 4.79 Å². The summed E-state index contributed by atoms with van der Waals surface area (Å²) < 4.78 is 5.42. The highest BCUT2D eigenvalue weighted by atomic mass is 16.6. The molecule has 1 amide bonds. The van der Waals surface area contributed by atoms with Gasteiger partial charge in [0.15, 0.2) is 11.5 Å². The second-order valence-corrected chi connectivity index (χ2v) is 11.1. The summed E-state index contributed by atoms with van der Waals surface area (Å²) in [5.41, 5.74) is 3.56. The molecule has 0 spiro atoms. The third kappa shape index (κ3) is 5.98. The Bertz CT molecular complexity index is 1330. The van der Waals surface area contributed by atoms with Gasteiger partial charge in [-0.15, -0.1) is 0 Å². The number of ether oxygens (including phenoxy) is 1. The maximum absolute atomic E-state index is 12.3. The van der Waals surface area contributed by atoms with Gasteiger partial charge in [-0.3, -0.25) is 0 Å². The Labute approximate surface area is 223 Å². The van der Waals surface area contributed by atoms with E-state index >= 15 is 0 Å². The molecule has 1 saturated heterocycles. The van der Waals surface area contributed by atoms with Crippen molar-refractivity contribution in [2.45, 2.75) is 58.1 Å². The van der Waals surface area contributed by atoms with Crippen molar-refractivity contribution in [3.63, 3.8) is 0 Å². The number of hydrogen-bond donors (Lipinski definition) is 3. The summed E-state index contributed by atoms with van der Waals surface area (Å²) in [5, 5.41) is 6.59. The number of imidazole rings is 1. The summed E-state index contributed by atoms with van der Waals surface area (Å²) in [4.78, 5) is 31.6. The van der Waals surface area contributed by atoms with Crippen LogP contribution in [0.5, 0.6) is 0 Å². The van der Waals surface area contributed by atoms with Crippen molar-refractivity contribution >= 4 is 29.0 Å². The molecule has 1 fully saturated rings. The number of nitrogens with zero attached hydrogens (tertiary/aromatic N) is 4. The Kier molecular flexibility index (Phi) is 7.35. The molecule has 0 saturated carbocycles. The standard InChI is InChI=1S/C29H37N7O2/c1-19-10-8-9-13-22(19)23(20-11-6-5-7-12-20)16-30-25-24-26(32-18-31-24)35-27(34-25)36-15-14-21(17-36)33-28(37)38-29(2,3)4/h5-9,11-13,18-19,21,23H,10,14-17H2,1-4H3,(H,33,37)(H2,30,31,32,34,35)/t19?,21-,23?/m1/s1. The van der Waals surface area contributed by atoms with Crippen LogP contribution in [0.2, 0.25) is 0 Å². The van der Waals surface area contributed by atoms with Crippen LogP contribution in [0.1, 0.15) is 52.0 Å². The number of fused-ring (bicyclic) bond motifs is 1. The van der Waals surface area contributed by atoms with Crippen LogP contribution in [0.3, 0.4) is 0 Å². The van der Waals surface area contributed by atoms with Crippen molar-refractivity contribution in [3.8, 4) is 0 Å². The predicted molar refractivity (Wildman–Crippen MR) is 150 cm³/mol. The molecule has 3 atom stereocenters. The van der Waals surface area contributed by atoms with E-state index in [0.717, 1.165) is 30.7 Å². The zero-order valence-corrected chi connectivity index (χ0v) is 22.6. The summed E-state index contributed by atoms with van der Waals surface area (Å²) >= 11 is 0. The fourth-order valence-corrected chi connectivity index (χ4v) is 5.16. The molecule has 1 aliphatic heterocycles. The highest BCUT2D eigenvalue weighted by Crippen LogP contribution is 2.34. The van der Waals surface area contributed by atoms with Crippen LogP contribution in [-0.4, -0.2) is 57.3 Å². The van der Waals surface area contributed by atoms with Gasteiger partial charge in [0.2, 0.25) is 5.95 Å². The number of aromatic nitrogens is 4. The molecule has 5 rings (SSSR count). The molecule has 2 unspecified atom stereocenters. The van der Waals surface area contributed by atoms with Crippen molar-refractivity contribution in [2.75, 3.05) is 29.9 Å². The molecular weight excluding hydrogens is 478 g/mol. The molecule has 9 heteroatoms. The molecule has 1 aliphatic carbocycles. The normalized spacial score (nSPS) is 20.3. The average molecular weight is 516 g/mol. The van der Waals surface area contributed by atoms with Gasteiger partial charge in [-0.05, 0) is 45.1 Å². The van der Waals surface area contributed by atoms with E-state index in [1.54, 1.807) is 6.33 Å². The van der Waals surface area contributed by atoms with Crippen LogP contribution in [0, 0.1) is 5.92 Å². The quantitative estimate of drug-likeness (QED) is 0.398. The largest absolute Gasteiger partial charge is 0.444 e. The van der Waals surface area contributed by atoms with E-state index in [1.165, 1.54) is 11.1 Å². The topological polar surface area (TPSA) is 108 Å². The third-order valence-corrected chi connectivity index (χ3v) is 7.03. The number of rotatable bonds is 7. The van der Waals surface area contributed by atoms with Gasteiger partial charge in [0.05, 0.1) is 12.4 Å². The van der Waals surface area contributed by atoms with Crippen LogP contribution >= 0.6 is 0 Å². The molecule has 9 nitrogen and oxygen atoms in total. The first-order chi connectivity index (χ1) is 18.3. The van der Waals surface area contributed by atoms with Gasteiger partial charge in [-0.25, -0.2) is 9.78 Å². The van der Waals surface area contributed by atoms with E-state index in [0.29, 0.717) is 30.6 Å². The Morgan fingerprint density at radius 3 is 2.82 bits per heavy atom. The third-order valence-electron chi connectivity index (χ3n) is 7.03. The van der Waals surface area contributed by atoms with E-state index in [2.05, 4.69) is 81.0 Å². The number of aromatic amines is 1. The van der Waals surface area contributed by atoms with Gasteiger partial charge in [0, 0.05) is 25.6 Å². The minimum Gasteiger partial charge on any atom is -0.444 e. The fraction of sp³-hybridized carbons (Fsp3) is 0.448. The Balaban J connectivity index is 1.34. The minimum atomic E-state index is -0.531. The van der Waals surface area contributed by atoms with Crippen LogP contribution in [0.4, 0.5) is 16.6 Å². The second kappa shape index (κ2) is 10.8. The van der Waals surface area contributed by atoms with Gasteiger partial charge in [0.1, 0.15) is 11.1 Å². The summed E-state index contributed by atoms with van der Waals surface area (Å²) in [6.07, 6.45) is 9.74. The number of anilines is 2. The Morgan fingerprint density at radius 1 is 1.24 bits per heavy atom. The number of allylic oxidation sites excluding steroid dienone is 3. The summed E-state index contributed by atoms with van der Waals surface area (Å²) in [6, 6.07) is 10.6. The molecule has 0 bridgehead atoms. The number of alkyl carbamates (subject to hydrolysis) is 1. The highest BCUT2D eigenvalue weighted by molar-refractivity contribution is 5.84. The zero-order valence-electron chi connectivity index (χ0n) is 22.6. The smallest absolute Gasteiger partial charge is 0.407 e. The maximum atomic E-state index is 12.3. The maximum Gasteiger partial charge on any atom is 0.407 e. The van der Waals surface area contributed by atoms with Gasteiger partial charge in [-0.2, -0.15) is 9.97 Å². The van der Waals surface area contributed by atoms with Crippen molar-refractivity contribution in [1.82, 2.24) is 25.3 Å². The highest BCUT2D eigenvalue weighted by Gasteiger charge is 2.29. The molecule has 2 aliphatic rings. The number of nitrogens with one attached hydrogen (secondary N) is 3. The number of H-pyrrole nitrogens is 1. The van der Waals surface area contributed by atoms with E-state index < -0.39 is 11.7 Å². The van der Waals surface area contributed by atoms with Crippen LogP contribution in [-0.2, 0) is 4.74 Å². The first-order valence-electron chi connectivity index (χ1n) is 13.4. The zero-order chi connectivity index (χ0) is 26.7. The summed E-state index contributed by atoms with van der Waals surface area (Å²) in [7, 11) is 0. The van der Waals surface area contributed by atoms with E-state index in [1.807, 2.05) is 20.8 Å². The minimum absolute atomic E-state index is 0.0324. The molecule has 3 heterocycles. The molecular formula is C29H37N7O2. The number of carbonyl (C=O) groups excluding carboxylic acids is 1. The van der Waals surface area contributed by atoms with E-state index in [-0.39, 0.29) is 12.0 Å². The van der Waals surface area contributed by atoms with Crippen molar-refractivity contribution < 1.29 is 9.53 Å². The van der Waals surface area contributed by atoms with E-state index in [4.69, 9.17) is 14.7 Å². The summed E-state index contributed by atoms with van der Waals surface area (Å²) in [6.45, 7) is 9.91. The Hall–Kier alpha value is -3.88. The number of benzene rings is 1. The first-order valence-corrected chi connectivity index (χ1v) is 13.4. The van der Waals surface area contributed by atoms with Gasteiger partial charge >= 0.3 is 6.09 Å². The molecule has 3 aromatic rings. The Morgan fingerprint density at radius 2 is 2.05 bits per heavy atom. The summed E-state index contributed by atoms with van der Waals surface area (Å²) in [5.74, 6) is 2.01. The number of hydrogen-bond acceptors (Lipinski definition) is 7. The molecule has 3 N–H and O–H groups in total. The first kappa shape index (κ1) is 25.8. The van der Waals surface area contributed by atoms with Crippen molar-refractivity contribution in [2.24, 2.45) is 5.92 Å². The van der Waals surface area contributed by atoms with Crippen LogP contribution in [0.15, 0.2) is 60.5 Å².